The maximum atomic E-state index is 5.74. The van der Waals surface area contributed by atoms with Gasteiger partial charge in [0.2, 0.25) is 0 Å². The van der Waals surface area contributed by atoms with E-state index < -0.39 is 0 Å². The molecule has 2 rings (SSSR count). The Morgan fingerprint density at radius 1 is 1.29 bits per heavy atom. The van der Waals surface area contributed by atoms with Gasteiger partial charge in [-0.05, 0) is 25.5 Å². The Hall–Kier alpha value is -1.37. The van der Waals surface area contributed by atoms with E-state index in [-0.39, 0.29) is 11.5 Å². The smallest absolute Gasteiger partial charge is 0.0948 e. The lowest BCUT2D eigenvalue weighted by Crippen LogP contribution is -2.30. The predicted molar refractivity (Wildman–Crippen MR) is 86.1 cm³/mol. The summed E-state index contributed by atoms with van der Waals surface area (Å²) in [4.78, 5) is 4.73. The maximum Gasteiger partial charge on any atom is 0.0948 e. The van der Waals surface area contributed by atoms with Gasteiger partial charge >= 0.3 is 0 Å². The first kappa shape index (κ1) is 16.0. The van der Waals surface area contributed by atoms with Crippen LogP contribution in [0.3, 0.4) is 0 Å². The number of hydrogen-bond acceptors (Lipinski definition) is 6. The van der Waals surface area contributed by atoms with E-state index in [0.29, 0.717) is 0 Å². The number of nitrogens with one attached hydrogen (secondary N) is 1. The molecule has 0 radical (unpaired) electrons. The first-order valence-corrected chi connectivity index (χ1v) is 7.91. The second-order valence-electron chi connectivity index (χ2n) is 6.33. The van der Waals surface area contributed by atoms with E-state index in [0.717, 1.165) is 34.1 Å². The van der Waals surface area contributed by atoms with Crippen LogP contribution in [-0.2, 0) is 11.8 Å². The van der Waals surface area contributed by atoms with Gasteiger partial charge in [-0.3, -0.25) is 11.3 Å². The van der Waals surface area contributed by atoms with Crippen LogP contribution in [0.5, 0.6) is 0 Å². The average molecular weight is 305 g/mol. The van der Waals surface area contributed by atoms with Gasteiger partial charge in [0.05, 0.1) is 28.1 Å². The largest absolute Gasteiger partial charge is 0.271 e. The Morgan fingerprint density at radius 3 is 2.57 bits per heavy atom. The molecule has 2 heterocycles. The van der Waals surface area contributed by atoms with Crippen LogP contribution in [-0.4, -0.2) is 15.2 Å². The zero-order valence-corrected chi connectivity index (χ0v) is 14.1. The molecule has 0 spiro atoms. The normalized spacial score (nSPS) is 13.4. The van der Waals surface area contributed by atoms with Crippen LogP contribution in [0.1, 0.15) is 54.5 Å². The topological polar surface area (TPSA) is 76.7 Å². The van der Waals surface area contributed by atoms with Crippen LogP contribution >= 0.6 is 11.3 Å². The van der Waals surface area contributed by atoms with Crippen LogP contribution in [0.25, 0.3) is 0 Å². The van der Waals surface area contributed by atoms with Gasteiger partial charge in [-0.1, -0.05) is 20.8 Å². The van der Waals surface area contributed by atoms with Crippen molar-refractivity contribution >= 4 is 11.3 Å². The molecule has 6 heteroatoms. The molecule has 0 aromatic carbocycles. The molecule has 114 valence electrons. The van der Waals surface area contributed by atoms with E-state index in [1.165, 1.54) is 0 Å². The molecular weight excluding hydrogens is 282 g/mol. The van der Waals surface area contributed by atoms with E-state index in [2.05, 4.69) is 41.8 Å². The number of hydrogen-bond donors (Lipinski definition) is 2. The third kappa shape index (κ3) is 3.84. The molecule has 0 aliphatic heterocycles. The van der Waals surface area contributed by atoms with E-state index >= 15 is 0 Å². The summed E-state index contributed by atoms with van der Waals surface area (Å²) >= 11 is 1.68. The Balaban J connectivity index is 2.23. The number of hydrazine groups is 1. The molecule has 1 atom stereocenters. The zero-order chi connectivity index (χ0) is 15.6. The molecule has 3 N–H and O–H groups in total. The van der Waals surface area contributed by atoms with Crippen molar-refractivity contribution in [3.8, 4) is 0 Å². The molecule has 0 aliphatic rings. The molecule has 21 heavy (non-hydrogen) atoms. The Kier molecular flexibility index (Phi) is 4.70. The number of nitrogens with zero attached hydrogens (tertiary/aromatic N) is 3. The molecule has 0 bridgehead atoms. The van der Waals surface area contributed by atoms with Crippen LogP contribution in [0.4, 0.5) is 0 Å². The summed E-state index contributed by atoms with van der Waals surface area (Å²) < 4.78 is 0. The second-order valence-corrected chi connectivity index (χ2v) is 7.27. The number of rotatable bonds is 4. The average Bonchev–Trinajstić information content (AvgIpc) is 2.87. The highest BCUT2D eigenvalue weighted by atomic mass is 32.1. The molecule has 0 saturated carbocycles. The second kappa shape index (κ2) is 6.17. The highest BCUT2D eigenvalue weighted by molar-refractivity contribution is 7.09. The van der Waals surface area contributed by atoms with E-state index in [4.69, 9.17) is 10.8 Å². The number of aromatic nitrogens is 3. The summed E-state index contributed by atoms with van der Waals surface area (Å²) in [6, 6.07) is 2.03. The minimum Gasteiger partial charge on any atom is -0.271 e. The Morgan fingerprint density at radius 2 is 2.00 bits per heavy atom. The molecular formula is C15H23N5S. The summed E-state index contributed by atoms with van der Waals surface area (Å²) in [6.07, 6.45) is 0.753. The van der Waals surface area contributed by atoms with Gasteiger partial charge in [-0.15, -0.1) is 11.3 Å². The molecule has 5 nitrogen and oxygen atoms in total. The Bertz CT molecular complexity index is 615. The predicted octanol–water partition coefficient (Wildman–Crippen LogP) is 2.59. The van der Waals surface area contributed by atoms with Gasteiger partial charge in [0, 0.05) is 17.2 Å². The molecule has 2 aromatic rings. The van der Waals surface area contributed by atoms with Crippen LogP contribution in [0, 0.1) is 13.8 Å². The van der Waals surface area contributed by atoms with Gasteiger partial charge in [-0.25, -0.2) is 4.98 Å². The van der Waals surface area contributed by atoms with Crippen LogP contribution in [0.2, 0.25) is 0 Å². The van der Waals surface area contributed by atoms with Crippen molar-refractivity contribution in [2.24, 2.45) is 5.84 Å². The summed E-state index contributed by atoms with van der Waals surface area (Å²) in [5.41, 5.74) is 6.95. The highest BCUT2D eigenvalue weighted by Gasteiger charge is 2.20. The first-order valence-electron chi connectivity index (χ1n) is 7.03. The van der Waals surface area contributed by atoms with E-state index in [1.807, 2.05) is 19.9 Å². The van der Waals surface area contributed by atoms with E-state index in [9.17, 15) is 0 Å². The van der Waals surface area contributed by atoms with Crippen molar-refractivity contribution in [2.45, 2.75) is 52.5 Å². The third-order valence-electron chi connectivity index (χ3n) is 3.42. The quantitative estimate of drug-likeness (QED) is 0.670. The summed E-state index contributed by atoms with van der Waals surface area (Å²) in [6.45, 7) is 10.4. The number of aryl methyl sites for hydroxylation is 2. The van der Waals surface area contributed by atoms with Crippen molar-refractivity contribution in [1.82, 2.24) is 20.6 Å². The molecule has 0 fully saturated rings. The summed E-state index contributed by atoms with van der Waals surface area (Å²) in [5, 5.41) is 11.5. The van der Waals surface area contributed by atoms with Crippen LogP contribution < -0.4 is 11.3 Å². The fourth-order valence-corrected chi connectivity index (χ4v) is 3.17. The van der Waals surface area contributed by atoms with E-state index in [1.54, 1.807) is 11.3 Å². The standard InChI is InChI=1S/C15H23N5S/c1-9-6-11(10(2)20-19-9)12(18-16)7-14-17-13(8-21-14)15(3,4)5/h6,8,12,18H,7,16H2,1-5H3. The fraction of sp³-hybridized carbons (Fsp3) is 0.533. The van der Waals surface area contributed by atoms with Crippen molar-refractivity contribution in [1.29, 1.82) is 0 Å². The first-order chi connectivity index (χ1) is 9.81. The number of thiazole rings is 1. The van der Waals surface area contributed by atoms with Crippen molar-refractivity contribution in [3.05, 3.63) is 39.1 Å². The molecule has 0 amide bonds. The third-order valence-corrected chi connectivity index (χ3v) is 4.29. The highest BCUT2D eigenvalue weighted by Crippen LogP contribution is 2.27. The lowest BCUT2D eigenvalue weighted by atomic mass is 9.93. The summed E-state index contributed by atoms with van der Waals surface area (Å²) in [7, 11) is 0. The monoisotopic (exact) mass is 305 g/mol. The molecule has 0 aliphatic carbocycles. The fourth-order valence-electron chi connectivity index (χ4n) is 2.11. The Labute approximate surface area is 130 Å². The molecule has 2 aromatic heterocycles. The van der Waals surface area contributed by atoms with Crippen molar-refractivity contribution < 1.29 is 0 Å². The van der Waals surface area contributed by atoms with Gasteiger partial charge < -0.3 is 0 Å². The lowest BCUT2D eigenvalue weighted by molar-refractivity contribution is 0.535. The van der Waals surface area contributed by atoms with Gasteiger partial charge in [0.25, 0.3) is 0 Å². The van der Waals surface area contributed by atoms with Gasteiger partial charge in [0.1, 0.15) is 0 Å². The molecule has 1 unspecified atom stereocenters. The minimum absolute atomic E-state index is 0.00170. The minimum atomic E-state index is -0.00170. The van der Waals surface area contributed by atoms with Gasteiger partial charge in [-0.2, -0.15) is 10.2 Å². The van der Waals surface area contributed by atoms with Gasteiger partial charge in [0.15, 0.2) is 0 Å². The summed E-state index contributed by atoms with van der Waals surface area (Å²) in [5.74, 6) is 5.74. The van der Waals surface area contributed by atoms with Crippen molar-refractivity contribution in [3.63, 3.8) is 0 Å². The van der Waals surface area contributed by atoms with Crippen molar-refractivity contribution in [2.75, 3.05) is 0 Å². The number of nitrogens with two attached hydrogens (primary N) is 1. The lowest BCUT2D eigenvalue weighted by Gasteiger charge is -2.17. The van der Waals surface area contributed by atoms with Crippen LogP contribution in [0.15, 0.2) is 11.4 Å². The maximum absolute atomic E-state index is 5.74. The SMILES string of the molecule is Cc1cc(C(Cc2nc(C(C)(C)C)cs2)NN)c(C)nn1. The molecule has 0 saturated heterocycles. The zero-order valence-electron chi connectivity index (χ0n) is 13.3.